The Morgan fingerprint density at radius 2 is 1.67 bits per heavy atom. The van der Waals surface area contributed by atoms with Crippen molar-refractivity contribution in [2.45, 2.75) is 25.7 Å². The summed E-state index contributed by atoms with van der Waals surface area (Å²) in [4.78, 5) is 25.6. The van der Waals surface area contributed by atoms with Gasteiger partial charge in [0.05, 0.1) is 0 Å². The molecule has 1 aliphatic heterocycles. The number of nitrogens with two attached hydrogens (primary N) is 1. The largest absolute Gasteiger partial charge is 0.371 e. The minimum Gasteiger partial charge on any atom is -0.371 e. The Morgan fingerprint density at radius 1 is 1.04 bits per heavy atom. The Hall–Kier alpha value is -2.89. The van der Waals surface area contributed by atoms with Gasteiger partial charge >= 0.3 is 0 Å². The summed E-state index contributed by atoms with van der Waals surface area (Å²) in [5.41, 5.74) is 8.12. The van der Waals surface area contributed by atoms with Crippen molar-refractivity contribution in [1.29, 1.82) is 0 Å². The summed E-state index contributed by atoms with van der Waals surface area (Å²) in [5.74, 6) is -0.592. The summed E-state index contributed by atoms with van der Waals surface area (Å²) in [5, 5.41) is 2.88. The number of hydrogen-bond donors (Lipinski definition) is 2. The number of carbonyl (C=O) groups excluding carboxylic acids is 2. The molecule has 1 saturated heterocycles. The number of rotatable bonds is 6. The number of halogens is 1. The summed E-state index contributed by atoms with van der Waals surface area (Å²) >= 11 is 0. The lowest BCUT2D eigenvalue weighted by Gasteiger charge is -2.32. The van der Waals surface area contributed by atoms with E-state index in [1.807, 2.05) is 24.3 Å². The van der Waals surface area contributed by atoms with Crippen molar-refractivity contribution in [1.82, 2.24) is 0 Å². The van der Waals surface area contributed by atoms with E-state index < -0.39 is 0 Å². The number of amides is 2. The molecule has 3 N–H and O–H groups in total. The maximum atomic E-state index is 12.9. The molecule has 0 aromatic heterocycles. The van der Waals surface area contributed by atoms with Gasteiger partial charge in [-0.1, -0.05) is 12.1 Å². The summed E-state index contributed by atoms with van der Waals surface area (Å²) in [7, 11) is 0. The van der Waals surface area contributed by atoms with E-state index in [1.54, 1.807) is 12.1 Å². The van der Waals surface area contributed by atoms with Crippen molar-refractivity contribution in [2.24, 2.45) is 11.7 Å². The molecule has 0 radical (unpaired) electrons. The van der Waals surface area contributed by atoms with Gasteiger partial charge in [0.1, 0.15) is 5.82 Å². The third-order valence-corrected chi connectivity index (χ3v) is 4.97. The molecule has 2 aromatic carbocycles. The zero-order valence-corrected chi connectivity index (χ0v) is 15.2. The number of nitrogens with one attached hydrogen (secondary N) is 1. The van der Waals surface area contributed by atoms with E-state index in [0.29, 0.717) is 12.8 Å². The van der Waals surface area contributed by atoms with Crippen LogP contribution in [0.1, 0.15) is 24.8 Å². The van der Waals surface area contributed by atoms with Crippen molar-refractivity contribution < 1.29 is 14.0 Å². The summed E-state index contributed by atoms with van der Waals surface area (Å²) < 4.78 is 12.9. The van der Waals surface area contributed by atoms with Crippen LogP contribution in [0.15, 0.2) is 48.5 Å². The van der Waals surface area contributed by atoms with Crippen LogP contribution < -0.4 is 16.0 Å². The first kappa shape index (κ1) is 18.9. The van der Waals surface area contributed by atoms with Gasteiger partial charge in [-0.25, -0.2) is 4.39 Å². The summed E-state index contributed by atoms with van der Waals surface area (Å²) in [6.45, 7) is 1.61. The van der Waals surface area contributed by atoms with E-state index in [9.17, 15) is 14.0 Å². The molecule has 0 atom stereocenters. The Bertz CT molecular complexity index is 782. The molecule has 0 unspecified atom stereocenters. The Morgan fingerprint density at radius 3 is 2.26 bits per heavy atom. The molecule has 3 rings (SSSR count). The van der Waals surface area contributed by atoms with Gasteiger partial charge in [0.15, 0.2) is 0 Å². The quantitative estimate of drug-likeness (QED) is 0.822. The molecule has 27 heavy (non-hydrogen) atoms. The van der Waals surface area contributed by atoms with Crippen LogP contribution in [-0.4, -0.2) is 24.9 Å². The lowest BCUT2D eigenvalue weighted by molar-refractivity contribution is -0.122. The van der Waals surface area contributed by atoms with E-state index in [-0.39, 0.29) is 23.5 Å². The molecule has 0 bridgehead atoms. The molecular formula is C21H24FN3O2. The van der Waals surface area contributed by atoms with Crippen LogP contribution in [0.3, 0.4) is 0 Å². The van der Waals surface area contributed by atoms with E-state index in [4.69, 9.17) is 5.73 Å². The van der Waals surface area contributed by atoms with Gasteiger partial charge in [-0.2, -0.15) is 0 Å². The minimum absolute atomic E-state index is 0.0269. The standard InChI is InChI=1S/C21H24FN3O2/c22-17-4-1-15(2-5-17)3-10-20(26)24-18-6-8-19(9-7-18)25-13-11-16(12-14-25)21(23)27/h1-2,4-9,16H,3,10-14H2,(H2,23,27)(H,24,26). The number of hydrogen-bond acceptors (Lipinski definition) is 3. The number of benzene rings is 2. The number of nitrogens with zero attached hydrogens (tertiary/aromatic N) is 1. The van der Waals surface area contributed by atoms with Gasteiger partial charge in [-0.05, 0) is 61.2 Å². The highest BCUT2D eigenvalue weighted by atomic mass is 19.1. The van der Waals surface area contributed by atoms with Gasteiger partial charge in [0.25, 0.3) is 0 Å². The zero-order chi connectivity index (χ0) is 19.2. The highest BCUT2D eigenvalue weighted by molar-refractivity contribution is 5.91. The molecule has 142 valence electrons. The molecule has 5 nitrogen and oxygen atoms in total. The Balaban J connectivity index is 1.48. The third-order valence-electron chi connectivity index (χ3n) is 4.97. The fourth-order valence-electron chi connectivity index (χ4n) is 3.31. The van der Waals surface area contributed by atoms with Gasteiger partial charge in [0, 0.05) is 36.8 Å². The van der Waals surface area contributed by atoms with Crippen LogP contribution in [0.5, 0.6) is 0 Å². The molecule has 0 spiro atoms. The van der Waals surface area contributed by atoms with Crippen molar-refractivity contribution in [3.8, 4) is 0 Å². The number of aryl methyl sites for hydroxylation is 1. The van der Waals surface area contributed by atoms with Crippen molar-refractivity contribution in [3.05, 3.63) is 59.9 Å². The first-order valence-corrected chi connectivity index (χ1v) is 9.20. The van der Waals surface area contributed by atoms with Gasteiger partial charge in [-0.3, -0.25) is 9.59 Å². The monoisotopic (exact) mass is 369 g/mol. The van der Waals surface area contributed by atoms with Crippen LogP contribution >= 0.6 is 0 Å². The third kappa shape index (κ3) is 5.29. The zero-order valence-electron chi connectivity index (χ0n) is 15.2. The summed E-state index contributed by atoms with van der Waals surface area (Å²) in [6.07, 6.45) is 2.46. The van der Waals surface area contributed by atoms with E-state index >= 15 is 0 Å². The molecule has 0 saturated carbocycles. The second-order valence-corrected chi connectivity index (χ2v) is 6.89. The summed E-state index contributed by atoms with van der Waals surface area (Å²) in [6, 6.07) is 13.9. The fourth-order valence-corrected chi connectivity index (χ4v) is 3.31. The van der Waals surface area contributed by atoms with Crippen LogP contribution in [0.25, 0.3) is 0 Å². The smallest absolute Gasteiger partial charge is 0.224 e. The normalized spacial score (nSPS) is 14.8. The van der Waals surface area contributed by atoms with Crippen LogP contribution in [0.4, 0.5) is 15.8 Å². The first-order chi connectivity index (χ1) is 13.0. The van der Waals surface area contributed by atoms with Crippen LogP contribution in [0, 0.1) is 11.7 Å². The highest BCUT2D eigenvalue weighted by Crippen LogP contribution is 2.24. The minimum atomic E-state index is -0.276. The van der Waals surface area contributed by atoms with Crippen molar-refractivity contribution in [3.63, 3.8) is 0 Å². The lowest BCUT2D eigenvalue weighted by atomic mass is 9.96. The van der Waals surface area contributed by atoms with Crippen molar-refractivity contribution >= 4 is 23.2 Å². The lowest BCUT2D eigenvalue weighted by Crippen LogP contribution is -2.38. The topological polar surface area (TPSA) is 75.4 Å². The molecule has 2 amide bonds. The predicted molar refractivity (Wildman–Crippen MR) is 104 cm³/mol. The number of piperidine rings is 1. The van der Waals surface area contributed by atoms with Crippen molar-refractivity contribution in [2.75, 3.05) is 23.3 Å². The maximum absolute atomic E-state index is 12.9. The molecule has 6 heteroatoms. The van der Waals surface area contributed by atoms with E-state index in [1.165, 1.54) is 12.1 Å². The molecule has 1 fully saturated rings. The SMILES string of the molecule is NC(=O)C1CCN(c2ccc(NC(=O)CCc3ccc(F)cc3)cc2)CC1. The van der Waals surface area contributed by atoms with Crippen LogP contribution in [0.2, 0.25) is 0 Å². The number of anilines is 2. The molecule has 1 aliphatic rings. The average molecular weight is 369 g/mol. The molecular weight excluding hydrogens is 345 g/mol. The van der Waals surface area contributed by atoms with Gasteiger partial charge < -0.3 is 16.0 Å². The van der Waals surface area contributed by atoms with E-state index in [2.05, 4.69) is 10.2 Å². The molecule has 1 heterocycles. The van der Waals surface area contributed by atoms with Crippen LogP contribution in [-0.2, 0) is 16.0 Å². The second-order valence-electron chi connectivity index (χ2n) is 6.89. The maximum Gasteiger partial charge on any atom is 0.224 e. The highest BCUT2D eigenvalue weighted by Gasteiger charge is 2.23. The predicted octanol–water partition coefficient (Wildman–Crippen LogP) is 3.10. The first-order valence-electron chi connectivity index (χ1n) is 9.20. The Kier molecular flexibility index (Phi) is 6.06. The second kappa shape index (κ2) is 8.66. The fraction of sp³-hybridized carbons (Fsp3) is 0.333. The molecule has 2 aromatic rings. The number of carbonyl (C=O) groups is 2. The number of primary amides is 1. The van der Waals surface area contributed by atoms with Gasteiger partial charge in [0.2, 0.25) is 11.8 Å². The molecule has 0 aliphatic carbocycles. The average Bonchev–Trinajstić information content (AvgIpc) is 2.68. The van der Waals surface area contributed by atoms with Gasteiger partial charge in [-0.15, -0.1) is 0 Å². The Labute approximate surface area is 158 Å². The van der Waals surface area contributed by atoms with E-state index in [0.717, 1.165) is 42.9 Å².